The minimum absolute atomic E-state index is 0.0202. The van der Waals surface area contributed by atoms with Crippen LogP contribution in [0.25, 0.3) is 10.9 Å². The third-order valence-electron chi connectivity index (χ3n) is 3.92. The van der Waals surface area contributed by atoms with Gasteiger partial charge >= 0.3 is 0 Å². The van der Waals surface area contributed by atoms with Crippen molar-refractivity contribution in [3.63, 3.8) is 0 Å². The predicted octanol–water partition coefficient (Wildman–Crippen LogP) is 2.15. The molecule has 1 amide bonds. The lowest BCUT2D eigenvalue weighted by atomic mass is 10.0. The van der Waals surface area contributed by atoms with E-state index in [1.165, 1.54) is 0 Å². The van der Waals surface area contributed by atoms with Gasteiger partial charge in [0, 0.05) is 18.1 Å². The summed E-state index contributed by atoms with van der Waals surface area (Å²) in [5.74, 6) is 0.0202. The molecule has 0 saturated carbocycles. The number of piperidine rings is 1. The Balaban J connectivity index is 1.96. The summed E-state index contributed by atoms with van der Waals surface area (Å²) in [6.07, 6.45) is 4.84. The fourth-order valence-electron chi connectivity index (χ4n) is 2.88. The Morgan fingerprint density at radius 3 is 3.11 bits per heavy atom. The number of para-hydroxylation sites is 1. The van der Waals surface area contributed by atoms with Gasteiger partial charge in [-0.1, -0.05) is 12.1 Å². The van der Waals surface area contributed by atoms with Crippen molar-refractivity contribution < 1.29 is 9.90 Å². The molecule has 2 N–H and O–H groups in total. The molecule has 1 fully saturated rings. The molecule has 3 rings (SSSR count). The summed E-state index contributed by atoms with van der Waals surface area (Å²) in [6, 6.07) is 7.67. The second-order valence-corrected chi connectivity index (χ2v) is 5.08. The number of fused-ring (bicyclic) bond motifs is 1. The first-order valence-corrected chi connectivity index (χ1v) is 6.79. The summed E-state index contributed by atoms with van der Waals surface area (Å²) < 4.78 is 0. The van der Waals surface area contributed by atoms with Crippen LogP contribution in [0.2, 0.25) is 0 Å². The van der Waals surface area contributed by atoms with Crippen LogP contribution < -0.4 is 0 Å². The minimum atomic E-state index is -0.0357. The number of likely N-dealkylation sites (tertiary alicyclic amines) is 1. The highest BCUT2D eigenvalue weighted by Crippen LogP contribution is 2.23. The molecule has 1 aromatic heterocycles. The molecule has 1 atom stereocenters. The van der Waals surface area contributed by atoms with E-state index in [9.17, 15) is 9.90 Å². The molecular formula is C15H18N2O2. The number of hydrogen-bond acceptors (Lipinski definition) is 2. The van der Waals surface area contributed by atoms with Gasteiger partial charge in [-0.05, 0) is 31.4 Å². The van der Waals surface area contributed by atoms with Crippen molar-refractivity contribution in [3.05, 3.63) is 36.0 Å². The summed E-state index contributed by atoms with van der Waals surface area (Å²) in [5.41, 5.74) is 1.58. The van der Waals surface area contributed by atoms with Crippen LogP contribution in [0.15, 0.2) is 30.5 Å². The van der Waals surface area contributed by atoms with Crippen molar-refractivity contribution >= 4 is 16.8 Å². The third kappa shape index (κ3) is 2.12. The highest BCUT2D eigenvalue weighted by Gasteiger charge is 2.27. The average molecular weight is 258 g/mol. The van der Waals surface area contributed by atoms with Crippen LogP contribution >= 0.6 is 0 Å². The number of amides is 1. The van der Waals surface area contributed by atoms with Crippen molar-refractivity contribution in [1.29, 1.82) is 0 Å². The fraction of sp³-hybridized carbons (Fsp3) is 0.400. The molecule has 4 heteroatoms. The number of H-pyrrole nitrogens is 1. The predicted molar refractivity (Wildman–Crippen MR) is 74.1 cm³/mol. The number of aromatic nitrogens is 1. The number of aromatic amines is 1. The van der Waals surface area contributed by atoms with Crippen molar-refractivity contribution in [2.24, 2.45) is 0 Å². The van der Waals surface area contributed by atoms with E-state index < -0.39 is 0 Å². The van der Waals surface area contributed by atoms with Crippen LogP contribution in [0.4, 0.5) is 0 Å². The normalized spacial score (nSPS) is 19.8. The molecule has 0 aliphatic carbocycles. The molecule has 1 unspecified atom stereocenters. The van der Waals surface area contributed by atoms with Crippen LogP contribution in [0, 0.1) is 0 Å². The number of carbonyl (C=O) groups is 1. The van der Waals surface area contributed by atoms with Crippen LogP contribution in [0.3, 0.4) is 0 Å². The van der Waals surface area contributed by atoms with Crippen LogP contribution in [-0.4, -0.2) is 40.1 Å². The average Bonchev–Trinajstić information content (AvgIpc) is 2.94. The highest BCUT2D eigenvalue weighted by molar-refractivity contribution is 6.05. The second kappa shape index (κ2) is 5.05. The minimum Gasteiger partial charge on any atom is -0.394 e. The summed E-state index contributed by atoms with van der Waals surface area (Å²) in [7, 11) is 0. The molecule has 0 radical (unpaired) electrons. The molecular weight excluding hydrogens is 240 g/mol. The third-order valence-corrected chi connectivity index (χ3v) is 3.92. The van der Waals surface area contributed by atoms with Crippen molar-refractivity contribution in [3.8, 4) is 0 Å². The van der Waals surface area contributed by atoms with Gasteiger partial charge in [0.15, 0.2) is 0 Å². The zero-order valence-electron chi connectivity index (χ0n) is 10.8. The zero-order chi connectivity index (χ0) is 13.2. The van der Waals surface area contributed by atoms with Crippen molar-refractivity contribution in [1.82, 2.24) is 9.88 Å². The van der Waals surface area contributed by atoms with E-state index >= 15 is 0 Å². The maximum atomic E-state index is 12.7. The van der Waals surface area contributed by atoms with E-state index in [0.29, 0.717) is 5.56 Å². The molecule has 0 spiro atoms. The van der Waals surface area contributed by atoms with Gasteiger partial charge in [-0.2, -0.15) is 0 Å². The summed E-state index contributed by atoms with van der Waals surface area (Å²) >= 11 is 0. The van der Waals surface area contributed by atoms with Gasteiger partial charge in [-0.15, -0.1) is 0 Å². The topological polar surface area (TPSA) is 56.3 Å². The van der Waals surface area contributed by atoms with Gasteiger partial charge in [0.1, 0.15) is 0 Å². The largest absolute Gasteiger partial charge is 0.394 e. The first-order valence-electron chi connectivity index (χ1n) is 6.79. The number of nitrogens with zero attached hydrogens (tertiary/aromatic N) is 1. The van der Waals surface area contributed by atoms with E-state index in [4.69, 9.17) is 0 Å². The van der Waals surface area contributed by atoms with E-state index in [1.54, 1.807) is 0 Å². The van der Waals surface area contributed by atoms with Crippen molar-refractivity contribution in [2.45, 2.75) is 25.3 Å². The fourth-order valence-corrected chi connectivity index (χ4v) is 2.88. The molecule has 1 saturated heterocycles. The molecule has 1 aliphatic heterocycles. The number of aliphatic hydroxyl groups is 1. The molecule has 2 heterocycles. The highest BCUT2D eigenvalue weighted by atomic mass is 16.3. The zero-order valence-corrected chi connectivity index (χ0v) is 10.8. The van der Waals surface area contributed by atoms with Gasteiger partial charge in [-0.3, -0.25) is 4.79 Å². The smallest absolute Gasteiger partial charge is 0.256 e. The Labute approximate surface area is 112 Å². The number of carbonyl (C=O) groups excluding carboxylic acids is 1. The maximum absolute atomic E-state index is 12.7. The van der Waals surface area contributed by atoms with Gasteiger partial charge in [0.25, 0.3) is 5.91 Å². The molecule has 19 heavy (non-hydrogen) atoms. The summed E-state index contributed by atoms with van der Waals surface area (Å²) in [6.45, 7) is 0.785. The molecule has 0 bridgehead atoms. The Morgan fingerprint density at radius 2 is 2.26 bits per heavy atom. The first kappa shape index (κ1) is 12.2. The van der Waals surface area contributed by atoms with Crippen molar-refractivity contribution in [2.75, 3.05) is 13.2 Å². The molecule has 2 aromatic rings. The number of rotatable bonds is 2. The quantitative estimate of drug-likeness (QED) is 0.867. The second-order valence-electron chi connectivity index (χ2n) is 5.08. The van der Waals surface area contributed by atoms with E-state index in [0.717, 1.165) is 36.7 Å². The molecule has 4 nitrogen and oxygen atoms in total. The number of aliphatic hydroxyl groups excluding tert-OH is 1. The Morgan fingerprint density at radius 1 is 1.37 bits per heavy atom. The number of benzene rings is 1. The van der Waals surface area contributed by atoms with Gasteiger partial charge < -0.3 is 15.0 Å². The van der Waals surface area contributed by atoms with Crippen LogP contribution in [0.5, 0.6) is 0 Å². The Hall–Kier alpha value is -1.81. The lowest BCUT2D eigenvalue weighted by Crippen LogP contribution is -2.45. The first-order chi connectivity index (χ1) is 9.31. The Bertz CT molecular complexity index is 591. The summed E-state index contributed by atoms with van der Waals surface area (Å²) in [4.78, 5) is 17.6. The van der Waals surface area contributed by atoms with Gasteiger partial charge in [-0.25, -0.2) is 0 Å². The van der Waals surface area contributed by atoms with E-state index in [1.807, 2.05) is 35.4 Å². The molecule has 100 valence electrons. The monoisotopic (exact) mass is 258 g/mol. The SMILES string of the molecule is O=C(c1cccc2cc[nH]c12)N1CCCCC1CO. The number of hydrogen-bond donors (Lipinski definition) is 2. The van der Waals surface area contributed by atoms with Gasteiger partial charge in [0.2, 0.25) is 0 Å². The standard InChI is InChI=1S/C15H18N2O2/c18-10-12-5-1-2-9-17(12)15(19)13-6-3-4-11-7-8-16-14(11)13/h3-4,6-8,12,16,18H,1-2,5,9-10H2. The van der Waals surface area contributed by atoms with E-state index in [-0.39, 0.29) is 18.6 Å². The van der Waals surface area contributed by atoms with Gasteiger partial charge in [0.05, 0.1) is 23.7 Å². The summed E-state index contributed by atoms with van der Waals surface area (Å²) in [5, 5.41) is 10.5. The Kier molecular flexibility index (Phi) is 3.25. The van der Waals surface area contributed by atoms with Crippen LogP contribution in [0.1, 0.15) is 29.6 Å². The molecule has 1 aromatic carbocycles. The lowest BCUT2D eigenvalue weighted by Gasteiger charge is -2.34. The number of nitrogens with one attached hydrogen (secondary N) is 1. The maximum Gasteiger partial charge on any atom is 0.256 e. The van der Waals surface area contributed by atoms with E-state index in [2.05, 4.69) is 4.98 Å². The lowest BCUT2D eigenvalue weighted by molar-refractivity contribution is 0.0505. The molecule has 1 aliphatic rings. The van der Waals surface area contributed by atoms with Crippen LogP contribution in [-0.2, 0) is 0 Å².